The normalized spacial score (nSPS) is 17.7. The number of benzene rings is 1. The van der Waals surface area contributed by atoms with Crippen molar-refractivity contribution in [2.75, 3.05) is 4.90 Å². The summed E-state index contributed by atoms with van der Waals surface area (Å²) in [6, 6.07) is 21.3. The molecule has 5 nitrogen and oxygen atoms in total. The van der Waals surface area contributed by atoms with Crippen LogP contribution in [0.3, 0.4) is 0 Å². The molecule has 0 radical (unpaired) electrons. The van der Waals surface area contributed by atoms with Crippen LogP contribution in [0.5, 0.6) is 0 Å². The van der Waals surface area contributed by atoms with Crippen LogP contribution in [0.1, 0.15) is 65.6 Å². The maximum absolute atomic E-state index is 5.92. The minimum atomic E-state index is -0.0525. The Hall–Kier alpha value is -3.51. The van der Waals surface area contributed by atoms with Gasteiger partial charge < -0.3 is 14.8 Å². The van der Waals surface area contributed by atoms with E-state index in [0.717, 1.165) is 23.0 Å². The van der Waals surface area contributed by atoms with Crippen molar-refractivity contribution in [1.82, 2.24) is 19.9 Å². The van der Waals surface area contributed by atoms with Gasteiger partial charge in [0.05, 0.1) is 17.8 Å². The van der Waals surface area contributed by atoms with Gasteiger partial charge in [-0.1, -0.05) is 32.0 Å². The summed E-state index contributed by atoms with van der Waals surface area (Å²) in [4.78, 5) is 11.1. The van der Waals surface area contributed by atoms with Crippen LogP contribution in [0.25, 0.3) is 0 Å². The Morgan fingerprint density at radius 3 is 2.37 bits per heavy atom. The van der Waals surface area contributed by atoms with Crippen LogP contribution in [0.15, 0.2) is 79.3 Å². The fourth-order valence-corrected chi connectivity index (χ4v) is 5.36. The molecule has 35 heavy (non-hydrogen) atoms. The van der Waals surface area contributed by atoms with Crippen LogP contribution in [-0.4, -0.2) is 19.6 Å². The quantitative estimate of drug-likeness (QED) is 0.330. The first kappa shape index (κ1) is 23.2. The number of thiocarbonyl (C=S) groups is 1. The van der Waals surface area contributed by atoms with E-state index in [-0.39, 0.29) is 12.1 Å². The zero-order chi connectivity index (χ0) is 24.5. The highest BCUT2D eigenvalue weighted by Crippen LogP contribution is 2.43. The molecular weight excluding hydrogens is 450 g/mol. The highest BCUT2D eigenvalue weighted by atomic mass is 32.1. The average Bonchev–Trinajstić information content (AvgIpc) is 3.36. The Kier molecular flexibility index (Phi) is 6.39. The van der Waals surface area contributed by atoms with Gasteiger partial charge in [-0.2, -0.15) is 0 Å². The van der Waals surface area contributed by atoms with Gasteiger partial charge in [0, 0.05) is 42.2 Å². The Labute approximate surface area is 212 Å². The zero-order valence-corrected chi connectivity index (χ0v) is 21.5. The molecule has 1 N–H and O–H groups in total. The summed E-state index contributed by atoms with van der Waals surface area (Å²) in [6.07, 6.45) is 5.55. The van der Waals surface area contributed by atoms with Crippen molar-refractivity contribution >= 4 is 23.0 Å². The molecule has 1 aliphatic heterocycles. The topological polar surface area (TPSA) is 46.0 Å². The number of nitrogens with zero attached hydrogens (tertiary/aromatic N) is 4. The van der Waals surface area contributed by atoms with E-state index in [2.05, 4.69) is 96.0 Å². The molecule has 0 aliphatic carbocycles. The van der Waals surface area contributed by atoms with Crippen LogP contribution in [0.4, 0.5) is 5.69 Å². The Balaban J connectivity index is 1.60. The van der Waals surface area contributed by atoms with E-state index in [1.165, 1.54) is 28.1 Å². The van der Waals surface area contributed by atoms with Crippen molar-refractivity contribution in [3.63, 3.8) is 0 Å². The van der Waals surface area contributed by atoms with Crippen molar-refractivity contribution < 1.29 is 0 Å². The van der Waals surface area contributed by atoms with Gasteiger partial charge in [0.25, 0.3) is 0 Å². The van der Waals surface area contributed by atoms with Crippen LogP contribution in [0.2, 0.25) is 0 Å². The summed E-state index contributed by atoms with van der Waals surface area (Å²) in [5, 5.41) is 4.31. The van der Waals surface area contributed by atoms with Crippen LogP contribution >= 0.6 is 12.2 Å². The number of nitrogens with one attached hydrogen (secondary N) is 1. The number of rotatable bonds is 6. The molecule has 0 unspecified atom stereocenters. The van der Waals surface area contributed by atoms with Gasteiger partial charge in [-0.3, -0.25) is 9.97 Å². The lowest BCUT2D eigenvalue weighted by molar-refractivity contribution is 0.563. The first-order valence-corrected chi connectivity index (χ1v) is 12.5. The molecule has 0 spiro atoms. The van der Waals surface area contributed by atoms with E-state index in [4.69, 9.17) is 17.2 Å². The lowest BCUT2D eigenvalue weighted by Gasteiger charge is -2.28. The third kappa shape index (κ3) is 4.46. The van der Waals surface area contributed by atoms with E-state index >= 15 is 0 Å². The summed E-state index contributed by atoms with van der Waals surface area (Å²) in [6.45, 7) is 9.63. The van der Waals surface area contributed by atoms with Gasteiger partial charge in [-0.05, 0) is 91.1 Å². The summed E-state index contributed by atoms with van der Waals surface area (Å²) < 4.78 is 2.38. The van der Waals surface area contributed by atoms with Crippen LogP contribution in [0, 0.1) is 13.8 Å². The molecule has 1 fully saturated rings. The van der Waals surface area contributed by atoms with Crippen molar-refractivity contribution in [2.45, 2.75) is 52.2 Å². The number of pyridine rings is 2. The molecular formula is C29H31N5S. The predicted molar refractivity (Wildman–Crippen MR) is 146 cm³/mol. The van der Waals surface area contributed by atoms with Gasteiger partial charge in [0.1, 0.15) is 0 Å². The molecule has 3 aromatic heterocycles. The summed E-state index contributed by atoms with van der Waals surface area (Å²) in [5.41, 5.74) is 8.35. The highest BCUT2D eigenvalue weighted by molar-refractivity contribution is 7.80. The van der Waals surface area contributed by atoms with Gasteiger partial charge in [0.15, 0.2) is 5.11 Å². The van der Waals surface area contributed by atoms with Gasteiger partial charge in [-0.25, -0.2) is 0 Å². The summed E-state index contributed by atoms with van der Waals surface area (Å²) in [7, 11) is 0. The molecule has 1 saturated heterocycles. The van der Waals surface area contributed by atoms with Gasteiger partial charge in [-0.15, -0.1) is 0 Å². The Morgan fingerprint density at radius 2 is 1.71 bits per heavy atom. The lowest BCUT2D eigenvalue weighted by atomic mass is 9.96. The predicted octanol–water partition coefficient (Wildman–Crippen LogP) is 6.24. The fraction of sp³-hybridized carbons (Fsp3) is 0.276. The lowest BCUT2D eigenvalue weighted by Crippen LogP contribution is -2.29. The molecule has 1 aromatic carbocycles. The molecule has 2 atom stereocenters. The number of anilines is 1. The first-order valence-electron chi connectivity index (χ1n) is 12.1. The van der Waals surface area contributed by atoms with E-state index in [1.807, 2.05) is 30.7 Å². The van der Waals surface area contributed by atoms with Crippen molar-refractivity contribution in [2.24, 2.45) is 0 Å². The largest absolute Gasteiger partial charge is 0.351 e. The average molecular weight is 482 g/mol. The first-order chi connectivity index (χ1) is 16.9. The second-order valence-electron chi connectivity index (χ2n) is 9.51. The van der Waals surface area contributed by atoms with Crippen molar-refractivity contribution in [3.05, 3.63) is 113 Å². The molecule has 4 heterocycles. The minimum absolute atomic E-state index is 0.0142. The monoisotopic (exact) mass is 481 g/mol. The molecule has 0 amide bonds. The van der Waals surface area contributed by atoms with Crippen molar-refractivity contribution in [1.29, 1.82) is 0 Å². The third-order valence-electron chi connectivity index (χ3n) is 6.96. The molecule has 178 valence electrons. The van der Waals surface area contributed by atoms with E-state index in [9.17, 15) is 0 Å². The van der Waals surface area contributed by atoms with Crippen LogP contribution in [-0.2, 0) is 6.54 Å². The molecule has 0 bridgehead atoms. The molecule has 1 aliphatic rings. The number of hydrogen-bond donors (Lipinski definition) is 1. The molecule has 0 saturated carbocycles. The zero-order valence-electron chi connectivity index (χ0n) is 20.6. The Bertz CT molecular complexity index is 1310. The van der Waals surface area contributed by atoms with Crippen LogP contribution < -0.4 is 10.2 Å². The molecule has 6 heteroatoms. The summed E-state index contributed by atoms with van der Waals surface area (Å²) >= 11 is 5.92. The van der Waals surface area contributed by atoms with Crippen molar-refractivity contribution in [3.8, 4) is 0 Å². The second kappa shape index (κ2) is 9.62. The second-order valence-corrected chi connectivity index (χ2v) is 9.90. The standard InChI is InChI=1S/C29H31N5S/c1-19(2)23-8-10-24(11-9-23)34-28(27(32-29(34)35)26-7-5-6-14-31-26)25-17-20(3)33(21(25)4)18-22-12-15-30-16-13-22/h5-17,19,27-28H,18H2,1-4H3,(H,32,35)/t27-,28+/m1/s1. The Morgan fingerprint density at radius 1 is 0.971 bits per heavy atom. The minimum Gasteiger partial charge on any atom is -0.351 e. The van der Waals surface area contributed by atoms with E-state index in [0.29, 0.717) is 5.92 Å². The fourth-order valence-electron chi connectivity index (χ4n) is 5.01. The van der Waals surface area contributed by atoms with Gasteiger partial charge >= 0.3 is 0 Å². The van der Waals surface area contributed by atoms with Gasteiger partial charge in [0.2, 0.25) is 0 Å². The summed E-state index contributed by atoms with van der Waals surface area (Å²) in [5.74, 6) is 0.483. The highest BCUT2D eigenvalue weighted by Gasteiger charge is 2.42. The molecule has 5 rings (SSSR count). The number of hydrogen-bond acceptors (Lipinski definition) is 3. The number of aromatic nitrogens is 3. The maximum atomic E-state index is 5.92. The SMILES string of the molecule is Cc1cc([C@H]2[C@@H](c3ccccn3)NC(=S)N2c2ccc(C(C)C)cc2)c(C)n1Cc1ccncc1. The number of aryl methyl sites for hydroxylation is 1. The smallest absolute Gasteiger partial charge is 0.174 e. The van der Waals surface area contributed by atoms with E-state index < -0.39 is 0 Å². The molecule has 4 aromatic rings. The van der Waals surface area contributed by atoms with E-state index in [1.54, 1.807) is 0 Å². The third-order valence-corrected chi connectivity index (χ3v) is 7.27. The maximum Gasteiger partial charge on any atom is 0.174 e.